The summed E-state index contributed by atoms with van der Waals surface area (Å²) in [5.41, 5.74) is 0.577. The van der Waals surface area contributed by atoms with Crippen molar-refractivity contribution < 1.29 is 23.1 Å². The lowest BCUT2D eigenvalue weighted by Gasteiger charge is -2.33. The molecule has 0 radical (unpaired) electrons. The molecule has 2 aromatic rings. The molecule has 1 aliphatic heterocycles. The molecule has 3 heterocycles. The molecule has 23 heavy (non-hydrogen) atoms. The predicted molar refractivity (Wildman–Crippen MR) is 79.3 cm³/mol. The van der Waals surface area contributed by atoms with Crippen LogP contribution in [-0.4, -0.2) is 64.4 Å². The van der Waals surface area contributed by atoms with Gasteiger partial charge in [-0.15, -0.1) is 0 Å². The fraction of sp³-hybridized carbons (Fsp3) is 0.462. The van der Waals surface area contributed by atoms with Crippen LogP contribution in [0.1, 0.15) is 6.42 Å². The molecule has 0 spiro atoms. The number of rotatable bonds is 4. The number of sulfonamides is 1. The Morgan fingerprint density at radius 2 is 2.26 bits per heavy atom. The summed E-state index contributed by atoms with van der Waals surface area (Å²) in [6.45, 7) is 0.414. The van der Waals surface area contributed by atoms with E-state index >= 15 is 0 Å². The van der Waals surface area contributed by atoms with Gasteiger partial charge in [0, 0.05) is 25.2 Å². The largest absolute Gasteiger partial charge is 0.481 e. The van der Waals surface area contributed by atoms with Gasteiger partial charge < -0.3 is 9.84 Å². The van der Waals surface area contributed by atoms with Crippen LogP contribution in [0, 0.1) is 0 Å². The molecule has 1 aliphatic rings. The SMILES string of the molecule is Cn1ncc2cc(S(=O)(=O)N3CCOCC3CC(=O)O)cnc21. The van der Waals surface area contributed by atoms with Gasteiger partial charge in [0.15, 0.2) is 5.65 Å². The molecule has 0 saturated carbocycles. The van der Waals surface area contributed by atoms with Crippen LogP contribution in [0.2, 0.25) is 0 Å². The van der Waals surface area contributed by atoms with Gasteiger partial charge in [0.1, 0.15) is 4.90 Å². The van der Waals surface area contributed by atoms with E-state index in [1.165, 1.54) is 22.8 Å². The number of pyridine rings is 1. The van der Waals surface area contributed by atoms with Crippen molar-refractivity contribution in [3.05, 3.63) is 18.5 Å². The summed E-state index contributed by atoms with van der Waals surface area (Å²) >= 11 is 0. The summed E-state index contributed by atoms with van der Waals surface area (Å²) in [4.78, 5) is 15.1. The highest BCUT2D eigenvalue weighted by molar-refractivity contribution is 7.89. The first-order chi connectivity index (χ1) is 10.9. The second-order valence-electron chi connectivity index (χ2n) is 5.29. The maximum absolute atomic E-state index is 12.8. The normalized spacial score (nSPS) is 20.0. The molecule has 1 unspecified atom stereocenters. The molecule has 1 saturated heterocycles. The highest BCUT2D eigenvalue weighted by atomic mass is 32.2. The number of nitrogens with zero attached hydrogens (tertiary/aromatic N) is 4. The van der Waals surface area contributed by atoms with Gasteiger partial charge in [-0.05, 0) is 6.07 Å². The highest BCUT2D eigenvalue weighted by Crippen LogP contribution is 2.24. The molecule has 1 fully saturated rings. The van der Waals surface area contributed by atoms with Crippen LogP contribution in [0.5, 0.6) is 0 Å². The molecule has 0 aromatic carbocycles. The monoisotopic (exact) mass is 340 g/mol. The van der Waals surface area contributed by atoms with E-state index in [1.54, 1.807) is 11.7 Å². The summed E-state index contributed by atoms with van der Waals surface area (Å²) in [6, 6.07) is 0.772. The quantitative estimate of drug-likeness (QED) is 0.822. The lowest BCUT2D eigenvalue weighted by molar-refractivity contribution is -0.139. The van der Waals surface area contributed by atoms with Crippen molar-refractivity contribution >= 4 is 27.0 Å². The number of hydrogen-bond donors (Lipinski definition) is 1. The molecule has 1 N–H and O–H groups in total. The molecule has 2 aromatic heterocycles. The zero-order valence-corrected chi connectivity index (χ0v) is 13.2. The summed E-state index contributed by atoms with van der Waals surface area (Å²) in [6.07, 6.45) is 2.50. The van der Waals surface area contributed by atoms with Crippen molar-refractivity contribution in [2.24, 2.45) is 7.05 Å². The van der Waals surface area contributed by atoms with Crippen molar-refractivity contribution in [1.29, 1.82) is 0 Å². The Labute approximate surface area is 132 Å². The average molecular weight is 340 g/mol. The van der Waals surface area contributed by atoms with E-state index in [9.17, 15) is 13.2 Å². The third-order valence-electron chi connectivity index (χ3n) is 3.74. The van der Waals surface area contributed by atoms with Crippen LogP contribution >= 0.6 is 0 Å². The van der Waals surface area contributed by atoms with E-state index in [0.717, 1.165) is 0 Å². The molecule has 3 rings (SSSR count). The van der Waals surface area contributed by atoms with Crippen LogP contribution in [-0.2, 0) is 26.6 Å². The summed E-state index contributed by atoms with van der Waals surface area (Å²) in [5.74, 6) is -1.07. The maximum Gasteiger partial charge on any atom is 0.305 e. The van der Waals surface area contributed by atoms with Crippen LogP contribution in [0.15, 0.2) is 23.4 Å². The van der Waals surface area contributed by atoms with E-state index in [2.05, 4.69) is 10.1 Å². The van der Waals surface area contributed by atoms with Gasteiger partial charge in [-0.2, -0.15) is 9.40 Å². The Morgan fingerprint density at radius 3 is 3.00 bits per heavy atom. The van der Waals surface area contributed by atoms with E-state index in [0.29, 0.717) is 11.0 Å². The minimum absolute atomic E-state index is 0.0234. The topological polar surface area (TPSA) is 115 Å². The Kier molecular flexibility index (Phi) is 4.04. The fourth-order valence-electron chi connectivity index (χ4n) is 2.62. The average Bonchev–Trinajstić information content (AvgIpc) is 2.88. The van der Waals surface area contributed by atoms with E-state index < -0.39 is 22.0 Å². The van der Waals surface area contributed by atoms with Gasteiger partial charge in [-0.25, -0.2) is 13.4 Å². The number of aromatic nitrogens is 3. The molecule has 1 atom stereocenters. The Bertz CT molecular complexity index is 847. The Balaban J connectivity index is 1.98. The number of aliphatic carboxylic acids is 1. The predicted octanol–water partition coefficient (Wildman–Crippen LogP) is -0.167. The Morgan fingerprint density at radius 1 is 1.48 bits per heavy atom. The van der Waals surface area contributed by atoms with Gasteiger partial charge in [-0.1, -0.05) is 0 Å². The zero-order chi connectivity index (χ0) is 16.6. The standard InChI is InChI=1S/C13H16N4O5S/c1-16-13-9(6-15-16)4-11(7-14-13)23(20,21)17-2-3-22-8-10(17)5-12(18)19/h4,6-7,10H,2-3,5,8H2,1H3,(H,18,19). The van der Waals surface area contributed by atoms with Crippen molar-refractivity contribution in [3.8, 4) is 0 Å². The van der Waals surface area contributed by atoms with Gasteiger partial charge in [-0.3, -0.25) is 9.48 Å². The first kappa shape index (κ1) is 15.8. The molecule has 9 nitrogen and oxygen atoms in total. The number of carboxylic acids is 1. The second kappa shape index (κ2) is 5.87. The number of fused-ring (bicyclic) bond motifs is 1. The fourth-order valence-corrected chi connectivity index (χ4v) is 4.19. The molecular weight excluding hydrogens is 324 g/mol. The maximum atomic E-state index is 12.8. The highest BCUT2D eigenvalue weighted by Gasteiger charge is 2.35. The first-order valence-corrected chi connectivity index (χ1v) is 8.43. The minimum atomic E-state index is -3.85. The van der Waals surface area contributed by atoms with E-state index in [4.69, 9.17) is 9.84 Å². The van der Waals surface area contributed by atoms with Gasteiger partial charge in [0.05, 0.1) is 31.9 Å². The van der Waals surface area contributed by atoms with Gasteiger partial charge in [0.25, 0.3) is 0 Å². The molecule has 0 bridgehead atoms. The first-order valence-electron chi connectivity index (χ1n) is 6.99. The second-order valence-corrected chi connectivity index (χ2v) is 7.18. The van der Waals surface area contributed by atoms with Crippen molar-refractivity contribution in [2.45, 2.75) is 17.4 Å². The summed E-state index contributed by atoms with van der Waals surface area (Å²) < 4.78 is 33.6. The Hall–Kier alpha value is -2.04. The summed E-state index contributed by atoms with van der Waals surface area (Å²) in [5, 5.41) is 13.6. The number of morpholine rings is 1. The molecule has 124 valence electrons. The zero-order valence-electron chi connectivity index (χ0n) is 12.4. The van der Waals surface area contributed by atoms with Crippen LogP contribution < -0.4 is 0 Å². The van der Waals surface area contributed by atoms with E-state index in [-0.39, 0.29) is 31.1 Å². The third-order valence-corrected chi connectivity index (χ3v) is 5.65. The number of carboxylic acid groups (broad SMARTS) is 1. The molecule has 0 amide bonds. The lowest BCUT2D eigenvalue weighted by Crippen LogP contribution is -2.49. The van der Waals surface area contributed by atoms with Crippen LogP contribution in [0.25, 0.3) is 11.0 Å². The lowest BCUT2D eigenvalue weighted by atomic mass is 10.2. The van der Waals surface area contributed by atoms with Crippen molar-refractivity contribution in [1.82, 2.24) is 19.1 Å². The van der Waals surface area contributed by atoms with E-state index in [1.807, 2.05) is 0 Å². The van der Waals surface area contributed by atoms with Crippen LogP contribution in [0.4, 0.5) is 0 Å². The van der Waals surface area contributed by atoms with Gasteiger partial charge >= 0.3 is 5.97 Å². The number of aryl methyl sites for hydroxylation is 1. The molecule has 10 heteroatoms. The van der Waals surface area contributed by atoms with Gasteiger partial charge in [0.2, 0.25) is 10.0 Å². The van der Waals surface area contributed by atoms with Crippen LogP contribution in [0.3, 0.4) is 0 Å². The number of ether oxygens (including phenoxy) is 1. The third kappa shape index (κ3) is 2.92. The molecule has 0 aliphatic carbocycles. The van der Waals surface area contributed by atoms with Crippen molar-refractivity contribution in [2.75, 3.05) is 19.8 Å². The summed E-state index contributed by atoms with van der Waals surface area (Å²) in [7, 11) is -2.13. The number of carbonyl (C=O) groups is 1. The minimum Gasteiger partial charge on any atom is -0.481 e. The van der Waals surface area contributed by atoms with Crippen molar-refractivity contribution in [3.63, 3.8) is 0 Å². The smallest absolute Gasteiger partial charge is 0.305 e. The molecular formula is C13H16N4O5S. The number of hydrogen-bond acceptors (Lipinski definition) is 6.